The molecule has 1 aromatic heterocycles. The Morgan fingerprint density at radius 3 is 3.09 bits per heavy atom. The molecule has 0 bridgehead atoms. The summed E-state index contributed by atoms with van der Waals surface area (Å²) in [5.41, 5.74) is 0. The number of nitrogens with zero attached hydrogens (tertiary/aromatic N) is 3. The van der Waals surface area contributed by atoms with E-state index < -0.39 is 0 Å². The first-order valence-corrected chi connectivity index (χ1v) is 3.68. The lowest BCUT2D eigenvalue weighted by Crippen LogP contribution is -1.99. The molecule has 4 heteroatoms. The third-order valence-corrected chi connectivity index (χ3v) is 1.38. The Bertz CT molecular complexity index is 231. The standard InChI is InChI=1S/C7H11N3O/c1-2-7-8-6-10(9-7)4-3-5-11/h5-6H,2-4H2,1H3. The van der Waals surface area contributed by atoms with Crippen LogP contribution in [0.15, 0.2) is 6.33 Å². The van der Waals surface area contributed by atoms with Crippen molar-refractivity contribution in [3.8, 4) is 0 Å². The predicted octanol–water partition coefficient (Wildman–Crippen LogP) is 0.429. The second kappa shape index (κ2) is 3.85. The van der Waals surface area contributed by atoms with Crippen LogP contribution in [0.25, 0.3) is 0 Å². The molecule has 0 atom stereocenters. The minimum atomic E-state index is 0.506. The normalized spacial score (nSPS) is 9.91. The zero-order chi connectivity index (χ0) is 8.10. The molecule has 0 aromatic carbocycles. The van der Waals surface area contributed by atoms with E-state index in [0.717, 1.165) is 18.5 Å². The summed E-state index contributed by atoms with van der Waals surface area (Å²) >= 11 is 0. The average molecular weight is 153 g/mol. The number of aromatic nitrogens is 3. The van der Waals surface area contributed by atoms with Crippen molar-refractivity contribution in [2.75, 3.05) is 0 Å². The van der Waals surface area contributed by atoms with Gasteiger partial charge < -0.3 is 4.79 Å². The van der Waals surface area contributed by atoms with Crippen LogP contribution in [-0.2, 0) is 17.8 Å². The van der Waals surface area contributed by atoms with Crippen molar-refractivity contribution in [3.05, 3.63) is 12.2 Å². The molecule has 0 N–H and O–H groups in total. The van der Waals surface area contributed by atoms with Gasteiger partial charge in [0.2, 0.25) is 0 Å². The van der Waals surface area contributed by atoms with Crippen LogP contribution in [0.3, 0.4) is 0 Å². The third kappa shape index (κ3) is 2.14. The van der Waals surface area contributed by atoms with Crippen LogP contribution in [0.4, 0.5) is 0 Å². The molecule has 0 fully saturated rings. The largest absolute Gasteiger partial charge is 0.303 e. The molecular weight excluding hydrogens is 142 g/mol. The molecule has 11 heavy (non-hydrogen) atoms. The van der Waals surface area contributed by atoms with Crippen molar-refractivity contribution >= 4 is 6.29 Å². The van der Waals surface area contributed by atoms with E-state index in [1.807, 2.05) is 6.92 Å². The topological polar surface area (TPSA) is 47.8 Å². The van der Waals surface area contributed by atoms with Gasteiger partial charge in [-0.25, -0.2) is 4.98 Å². The lowest BCUT2D eigenvalue weighted by molar-refractivity contribution is -0.108. The molecule has 0 saturated carbocycles. The lowest BCUT2D eigenvalue weighted by atomic mass is 10.5. The van der Waals surface area contributed by atoms with Gasteiger partial charge in [-0.3, -0.25) is 4.68 Å². The van der Waals surface area contributed by atoms with E-state index >= 15 is 0 Å². The zero-order valence-corrected chi connectivity index (χ0v) is 6.53. The van der Waals surface area contributed by atoms with Crippen LogP contribution in [-0.4, -0.2) is 21.1 Å². The maximum atomic E-state index is 9.99. The Labute approximate surface area is 65.2 Å². The van der Waals surface area contributed by atoms with Crippen LogP contribution in [0, 0.1) is 0 Å². The minimum Gasteiger partial charge on any atom is -0.303 e. The Hall–Kier alpha value is -1.19. The predicted molar refractivity (Wildman–Crippen MR) is 40.1 cm³/mol. The van der Waals surface area contributed by atoms with Gasteiger partial charge in [-0.15, -0.1) is 0 Å². The summed E-state index contributed by atoms with van der Waals surface area (Å²) in [6.45, 7) is 2.63. The molecule has 1 rings (SSSR count). The van der Waals surface area contributed by atoms with Crippen molar-refractivity contribution in [3.63, 3.8) is 0 Å². The fourth-order valence-corrected chi connectivity index (χ4v) is 0.788. The minimum absolute atomic E-state index is 0.506. The zero-order valence-electron chi connectivity index (χ0n) is 6.53. The number of aryl methyl sites for hydroxylation is 2. The van der Waals surface area contributed by atoms with Gasteiger partial charge in [0.25, 0.3) is 0 Å². The van der Waals surface area contributed by atoms with Gasteiger partial charge in [0.05, 0.1) is 0 Å². The van der Waals surface area contributed by atoms with Gasteiger partial charge in [0.15, 0.2) is 0 Å². The van der Waals surface area contributed by atoms with Crippen molar-refractivity contribution in [2.45, 2.75) is 26.3 Å². The summed E-state index contributed by atoms with van der Waals surface area (Å²) in [5.74, 6) is 0.830. The first-order chi connectivity index (χ1) is 5.36. The first-order valence-electron chi connectivity index (χ1n) is 3.68. The fourth-order valence-electron chi connectivity index (χ4n) is 0.788. The van der Waals surface area contributed by atoms with E-state index in [-0.39, 0.29) is 0 Å². The Kier molecular flexibility index (Phi) is 2.77. The van der Waals surface area contributed by atoms with E-state index in [9.17, 15) is 4.79 Å². The van der Waals surface area contributed by atoms with Crippen molar-refractivity contribution in [2.24, 2.45) is 0 Å². The fraction of sp³-hybridized carbons (Fsp3) is 0.571. The summed E-state index contributed by atoms with van der Waals surface area (Å²) in [4.78, 5) is 14.0. The molecule has 1 aromatic rings. The number of carbonyl (C=O) groups excluding carboxylic acids is 1. The molecule has 60 valence electrons. The summed E-state index contributed by atoms with van der Waals surface area (Å²) in [7, 11) is 0. The van der Waals surface area contributed by atoms with Crippen molar-refractivity contribution in [1.82, 2.24) is 14.8 Å². The van der Waals surface area contributed by atoms with Gasteiger partial charge in [0, 0.05) is 19.4 Å². The van der Waals surface area contributed by atoms with Crippen LogP contribution < -0.4 is 0 Å². The van der Waals surface area contributed by atoms with Gasteiger partial charge in [-0.05, 0) is 0 Å². The van der Waals surface area contributed by atoms with Crippen molar-refractivity contribution in [1.29, 1.82) is 0 Å². The van der Waals surface area contributed by atoms with E-state index in [2.05, 4.69) is 10.1 Å². The second-order valence-electron chi connectivity index (χ2n) is 2.23. The van der Waals surface area contributed by atoms with E-state index in [4.69, 9.17) is 0 Å². The highest BCUT2D eigenvalue weighted by Crippen LogP contribution is 1.91. The van der Waals surface area contributed by atoms with Crippen LogP contribution >= 0.6 is 0 Å². The summed E-state index contributed by atoms with van der Waals surface area (Å²) in [6.07, 6.45) is 3.89. The van der Waals surface area contributed by atoms with E-state index in [1.165, 1.54) is 0 Å². The summed E-state index contributed by atoms with van der Waals surface area (Å²) < 4.78 is 1.69. The van der Waals surface area contributed by atoms with Crippen LogP contribution in [0.2, 0.25) is 0 Å². The second-order valence-corrected chi connectivity index (χ2v) is 2.23. The number of hydrogen-bond acceptors (Lipinski definition) is 3. The van der Waals surface area contributed by atoms with Crippen LogP contribution in [0.5, 0.6) is 0 Å². The van der Waals surface area contributed by atoms with Crippen LogP contribution in [0.1, 0.15) is 19.2 Å². The SMILES string of the molecule is CCc1ncn(CCC=O)n1. The maximum absolute atomic E-state index is 9.99. The molecule has 1 heterocycles. The quantitative estimate of drug-likeness (QED) is 0.589. The number of carbonyl (C=O) groups is 1. The molecule has 0 saturated heterocycles. The maximum Gasteiger partial charge on any atom is 0.150 e. The highest BCUT2D eigenvalue weighted by Gasteiger charge is 1.95. The lowest BCUT2D eigenvalue weighted by Gasteiger charge is -1.92. The molecule has 0 aliphatic carbocycles. The summed E-state index contributed by atoms with van der Waals surface area (Å²) in [6, 6.07) is 0. The first kappa shape index (κ1) is 7.91. The van der Waals surface area contributed by atoms with Gasteiger partial charge in [0.1, 0.15) is 18.4 Å². The molecule has 0 amide bonds. The van der Waals surface area contributed by atoms with Crippen molar-refractivity contribution < 1.29 is 4.79 Å². The highest BCUT2D eigenvalue weighted by molar-refractivity contribution is 5.48. The number of rotatable bonds is 4. The molecule has 4 nitrogen and oxygen atoms in total. The molecule has 0 aliphatic heterocycles. The van der Waals surface area contributed by atoms with Gasteiger partial charge in [-0.1, -0.05) is 6.92 Å². The number of aldehydes is 1. The smallest absolute Gasteiger partial charge is 0.150 e. The Morgan fingerprint density at radius 1 is 1.73 bits per heavy atom. The van der Waals surface area contributed by atoms with E-state index in [0.29, 0.717) is 13.0 Å². The van der Waals surface area contributed by atoms with Gasteiger partial charge >= 0.3 is 0 Å². The van der Waals surface area contributed by atoms with Gasteiger partial charge in [-0.2, -0.15) is 5.10 Å². The molecular formula is C7H11N3O. The number of hydrogen-bond donors (Lipinski definition) is 0. The monoisotopic (exact) mass is 153 g/mol. The molecule has 0 spiro atoms. The third-order valence-electron chi connectivity index (χ3n) is 1.38. The van der Waals surface area contributed by atoms with E-state index in [1.54, 1.807) is 11.0 Å². The molecule has 0 unspecified atom stereocenters. The summed E-state index contributed by atoms with van der Waals surface area (Å²) in [5, 5.41) is 4.11. The average Bonchev–Trinajstić information content (AvgIpc) is 2.48. The highest BCUT2D eigenvalue weighted by atomic mass is 16.1. The molecule has 0 aliphatic rings. The molecule has 0 radical (unpaired) electrons. The Morgan fingerprint density at radius 2 is 2.55 bits per heavy atom. The Balaban J connectivity index is 2.50.